The fourth-order valence-electron chi connectivity index (χ4n) is 1.55. The van der Waals surface area contributed by atoms with Crippen molar-refractivity contribution in [3.05, 3.63) is 0 Å². The Hall–Kier alpha value is -1.10. The number of carbonyl (C=O) groups is 2. The Labute approximate surface area is 82.6 Å². The SMILES string of the molecule is CC(=O)N1CC(C(=O)O)OC(C)(C)C1. The highest BCUT2D eigenvalue weighted by atomic mass is 16.5. The first-order valence-corrected chi connectivity index (χ1v) is 4.48. The summed E-state index contributed by atoms with van der Waals surface area (Å²) in [6.45, 7) is 5.55. The normalized spacial score (nSPS) is 25.9. The van der Waals surface area contributed by atoms with E-state index in [0.29, 0.717) is 6.54 Å². The molecule has 5 nitrogen and oxygen atoms in total. The van der Waals surface area contributed by atoms with Gasteiger partial charge in [0, 0.05) is 13.5 Å². The topological polar surface area (TPSA) is 66.8 Å². The summed E-state index contributed by atoms with van der Waals surface area (Å²) in [7, 11) is 0. The second-order valence-corrected chi connectivity index (χ2v) is 4.10. The Kier molecular flexibility index (Phi) is 2.80. The zero-order valence-corrected chi connectivity index (χ0v) is 8.61. The number of ether oxygens (including phenoxy) is 1. The van der Waals surface area contributed by atoms with E-state index in [9.17, 15) is 9.59 Å². The van der Waals surface area contributed by atoms with Gasteiger partial charge in [-0.1, -0.05) is 0 Å². The maximum absolute atomic E-state index is 11.1. The highest BCUT2D eigenvalue weighted by Crippen LogP contribution is 2.21. The molecule has 1 amide bonds. The largest absolute Gasteiger partial charge is 0.479 e. The highest BCUT2D eigenvalue weighted by Gasteiger charge is 2.37. The van der Waals surface area contributed by atoms with Gasteiger partial charge in [-0.3, -0.25) is 4.79 Å². The molecule has 0 aromatic rings. The van der Waals surface area contributed by atoms with E-state index in [1.54, 1.807) is 13.8 Å². The molecule has 0 bridgehead atoms. The van der Waals surface area contributed by atoms with Crippen molar-refractivity contribution < 1.29 is 19.4 Å². The van der Waals surface area contributed by atoms with E-state index >= 15 is 0 Å². The summed E-state index contributed by atoms with van der Waals surface area (Å²) in [6, 6.07) is 0. The van der Waals surface area contributed by atoms with Gasteiger partial charge in [0.05, 0.1) is 12.1 Å². The van der Waals surface area contributed by atoms with Crippen LogP contribution in [0.1, 0.15) is 20.8 Å². The molecular formula is C9H15NO4. The first-order valence-electron chi connectivity index (χ1n) is 4.48. The molecule has 0 aliphatic carbocycles. The van der Waals surface area contributed by atoms with E-state index in [-0.39, 0.29) is 12.5 Å². The molecule has 1 saturated heterocycles. The first kappa shape index (κ1) is 11.0. The average molecular weight is 201 g/mol. The van der Waals surface area contributed by atoms with Gasteiger partial charge in [0.2, 0.25) is 5.91 Å². The lowest BCUT2D eigenvalue weighted by molar-refractivity contribution is -0.181. The predicted molar refractivity (Wildman–Crippen MR) is 48.8 cm³/mol. The Morgan fingerprint density at radius 3 is 2.50 bits per heavy atom. The van der Waals surface area contributed by atoms with Crippen LogP contribution in [0, 0.1) is 0 Å². The molecule has 1 atom stereocenters. The van der Waals surface area contributed by atoms with Crippen LogP contribution in [0.2, 0.25) is 0 Å². The molecule has 1 aliphatic rings. The number of hydrogen-bond donors (Lipinski definition) is 1. The first-order chi connectivity index (χ1) is 6.32. The maximum atomic E-state index is 11.1. The lowest BCUT2D eigenvalue weighted by Gasteiger charge is -2.40. The third-order valence-electron chi connectivity index (χ3n) is 2.14. The second-order valence-electron chi connectivity index (χ2n) is 4.10. The van der Waals surface area contributed by atoms with E-state index in [0.717, 1.165) is 0 Å². The molecule has 1 N–H and O–H groups in total. The van der Waals surface area contributed by atoms with Crippen LogP contribution >= 0.6 is 0 Å². The van der Waals surface area contributed by atoms with Crippen molar-refractivity contribution in [2.45, 2.75) is 32.5 Å². The van der Waals surface area contributed by atoms with Crippen molar-refractivity contribution in [1.82, 2.24) is 4.90 Å². The number of nitrogens with zero attached hydrogens (tertiary/aromatic N) is 1. The van der Waals surface area contributed by atoms with Crippen molar-refractivity contribution in [2.24, 2.45) is 0 Å². The quantitative estimate of drug-likeness (QED) is 0.653. The van der Waals surface area contributed by atoms with Crippen LogP contribution < -0.4 is 0 Å². The number of carboxylic acids is 1. The molecule has 0 radical (unpaired) electrons. The standard InChI is InChI=1S/C9H15NO4/c1-6(11)10-4-7(8(12)13)14-9(2,3)5-10/h7H,4-5H2,1-3H3,(H,12,13). The van der Waals surface area contributed by atoms with Crippen LogP contribution in [-0.2, 0) is 14.3 Å². The minimum Gasteiger partial charge on any atom is -0.479 e. The smallest absolute Gasteiger partial charge is 0.334 e. The zero-order chi connectivity index (χ0) is 10.9. The highest BCUT2D eigenvalue weighted by molar-refractivity contribution is 5.77. The summed E-state index contributed by atoms with van der Waals surface area (Å²) in [5, 5.41) is 8.81. The summed E-state index contributed by atoms with van der Waals surface area (Å²) in [5.74, 6) is -1.14. The van der Waals surface area contributed by atoms with Crippen LogP contribution in [-0.4, -0.2) is 46.7 Å². The van der Waals surface area contributed by atoms with Crippen molar-refractivity contribution in [3.8, 4) is 0 Å². The number of rotatable bonds is 1. The third-order valence-corrected chi connectivity index (χ3v) is 2.14. The lowest BCUT2D eigenvalue weighted by atomic mass is 10.1. The number of carbonyl (C=O) groups excluding carboxylic acids is 1. The van der Waals surface area contributed by atoms with Gasteiger partial charge in [-0.2, -0.15) is 0 Å². The summed E-state index contributed by atoms with van der Waals surface area (Å²) >= 11 is 0. The van der Waals surface area contributed by atoms with Crippen LogP contribution in [0.15, 0.2) is 0 Å². The fourth-order valence-corrected chi connectivity index (χ4v) is 1.55. The summed E-state index contributed by atoms with van der Waals surface area (Å²) < 4.78 is 5.32. The Morgan fingerprint density at radius 2 is 2.07 bits per heavy atom. The number of amides is 1. The maximum Gasteiger partial charge on any atom is 0.334 e. The Morgan fingerprint density at radius 1 is 1.50 bits per heavy atom. The molecular weight excluding hydrogens is 186 g/mol. The van der Waals surface area contributed by atoms with E-state index in [1.807, 2.05) is 0 Å². The Balaban J connectivity index is 2.77. The second kappa shape index (κ2) is 3.57. The summed E-state index contributed by atoms with van der Waals surface area (Å²) in [6.07, 6.45) is -0.914. The van der Waals surface area contributed by atoms with Gasteiger partial charge in [-0.25, -0.2) is 4.79 Å². The van der Waals surface area contributed by atoms with Crippen molar-refractivity contribution in [2.75, 3.05) is 13.1 Å². The molecule has 14 heavy (non-hydrogen) atoms. The molecule has 80 valence electrons. The minimum atomic E-state index is -1.02. The number of morpholine rings is 1. The van der Waals surface area contributed by atoms with Crippen molar-refractivity contribution in [3.63, 3.8) is 0 Å². The molecule has 0 aromatic carbocycles. The van der Waals surface area contributed by atoms with E-state index < -0.39 is 17.7 Å². The van der Waals surface area contributed by atoms with Gasteiger partial charge in [-0.15, -0.1) is 0 Å². The molecule has 1 aliphatic heterocycles. The number of carboxylic acid groups (broad SMARTS) is 1. The van der Waals surface area contributed by atoms with Crippen LogP contribution in [0.4, 0.5) is 0 Å². The summed E-state index contributed by atoms with van der Waals surface area (Å²) in [5.41, 5.74) is -0.590. The van der Waals surface area contributed by atoms with E-state index in [4.69, 9.17) is 9.84 Å². The van der Waals surface area contributed by atoms with Crippen LogP contribution in [0.25, 0.3) is 0 Å². The number of aliphatic carboxylic acids is 1. The Bertz CT molecular complexity index is 238. The van der Waals surface area contributed by atoms with E-state index in [2.05, 4.69) is 0 Å². The molecule has 0 saturated carbocycles. The summed E-state index contributed by atoms with van der Waals surface area (Å²) in [4.78, 5) is 23.4. The molecule has 1 heterocycles. The molecule has 1 fully saturated rings. The molecule has 0 spiro atoms. The zero-order valence-electron chi connectivity index (χ0n) is 8.61. The molecule has 5 heteroatoms. The van der Waals surface area contributed by atoms with E-state index in [1.165, 1.54) is 11.8 Å². The van der Waals surface area contributed by atoms with Crippen molar-refractivity contribution >= 4 is 11.9 Å². The van der Waals surface area contributed by atoms with Crippen LogP contribution in [0.5, 0.6) is 0 Å². The van der Waals surface area contributed by atoms with Gasteiger partial charge >= 0.3 is 5.97 Å². The van der Waals surface area contributed by atoms with Crippen LogP contribution in [0.3, 0.4) is 0 Å². The number of hydrogen-bond acceptors (Lipinski definition) is 3. The average Bonchev–Trinajstić information content (AvgIpc) is 2.01. The van der Waals surface area contributed by atoms with Gasteiger partial charge in [-0.05, 0) is 13.8 Å². The lowest BCUT2D eigenvalue weighted by Crippen LogP contribution is -2.56. The van der Waals surface area contributed by atoms with Crippen molar-refractivity contribution in [1.29, 1.82) is 0 Å². The van der Waals surface area contributed by atoms with Gasteiger partial charge in [0.15, 0.2) is 6.10 Å². The van der Waals surface area contributed by atoms with Gasteiger partial charge in [0.1, 0.15) is 0 Å². The molecule has 0 aromatic heterocycles. The molecule has 1 unspecified atom stereocenters. The van der Waals surface area contributed by atoms with Gasteiger partial charge in [0.25, 0.3) is 0 Å². The van der Waals surface area contributed by atoms with Gasteiger partial charge < -0.3 is 14.7 Å². The minimum absolute atomic E-state index is 0.118. The third kappa shape index (κ3) is 2.45. The predicted octanol–water partition coefficient (Wildman–Crippen LogP) is 0.0969. The fraction of sp³-hybridized carbons (Fsp3) is 0.778. The monoisotopic (exact) mass is 201 g/mol. The molecule has 1 rings (SSSR count).